The molecule has 6 rings (SSSR count). The van der Waals surface area contributed by atoms with Gasteiger partial charge < -0.3 is 10.6 Å². The standard InChI is InChI=1S/C30H32N6O3S/c37-27(18-35-26-9-5-4-8-25(26)33-34-35)36(24-14-12-23(13-15-24)31-29(38)20-10-11-20)28(21-16-17-40-19-21)30(39)32-22-6-2-1-3-7-22/h4-5,8-9,12-17,19-20,22,28H,1-3,6-7,10-11,18H2,(H,31,38)(H,32,39). The van der Waals surface area contributed by atoms with Crippen molar-refractivity contribution >= 4 is 51.5 Å². The number of nitrogens with zero attached hydrogens (tertiary/aromatic N) is 4. The van der Waals surface area contributed by atoms with Gasteiger partial charge in [0.05, 0.1) is 5.52 Å². The fraction of sp³-hybridized carbons (Fsp3) is 0.367. The van der Waals surface area contributed by atoms with E-state index in [2.05, 4.69) is 20.9 Å². The first kappa shape index (κ1) is 26.2. The van der Waals surface area contributed by atoms with Gasteiger partial charge in [-0.1, -0.05) is 36.6 Å². The number of hydrogen-bond acceptors (Lipinski definition) is 6. The monoisotopic (exact) mass is 556 g/mol. The van der Waals surface area contributed by atoms with Gasteiger partial charge in [0.1, 0.15) is 18.1 Å². The molecule has 9 nitrogen and oxygen atoms in total. The summed E-state index contributed by atoms with van der Waals surface area (Å²) in [6.07, 6.45) is 7.07. The third-order valence-corrected chi connectivity index (χ3v) is 8.35. The number of anilines is 2. The van der Waals surface area contributed by atoms with Crippen molar-refractivity contribution in [3.63, 3.8) is 0 Å². The van der Waals surface area contributed by atoms with Crippen LogP contribution in [0.5, 0.6) is 0 Å². The lowest BCUT2D eigenvalue weighted by Crippen LogP contribution is -2.48. The molecule has 40 heavy (non-hydrogen) atoms. The number of amides is 3. The average Bonchev–Trinajstić information content (AvgIpc) is 3.55. The Balaban J connectivity index is 1.34. The number of nitrogens with one attached hydrogen (secondary N) is 2. The maximum atomic E-state index is 14.1. The van der Waals surface area contributed by atoms with E-state index in [9.17, 15) is 14.4 Å². The fourth-order valence-corrected chi connectivity index (χ4v) is 6.02. The van der Waals surface area contributed by atoms with Gasteiger partial charge in [0.25, 0.3) is 0 Å². The lowest BCUT2D eigenvalue weighted by Gasteiger charge is -2.33. The van der Waals surface area contributed by atoms with Gasteiger partial charge in [-0.25, -0.2) is 4.68 Å². The number of fused-ring (bicyclic) bond motifs is 1. The van der Waals surface area contributed by atoms with Gasteiger partial charge in [-0.05, 0) is 84.5 Å². The summed E-state index contributed by atoms with van der Waals surface area (Å²) < 4.78 is 1.57. The first-order chi connectivity index (χ1) is 19.6. The molecule has 2 saturated carbocycles. The summed E-state index contributed by atoms with van der Waals surface area (Å²) in [5, 5.41) is 18.4. The van der Waals surface area contributed by atoms with Crippen LogP contribution in [0.1, 0.15) is 56.6 Å². The summed E-state index contributed by atoms with van der Waals surface area (Å²) >= 11 is 1.49. The summed E-state index contributed by atoms with van der Waals surface area (Å²) in [4.78, 5) is 41.9. The normalized spacial score (nSPS) is 16.4. The van der Waals surface area contributed by atoms with E-state index >= 15 is 0 Å². The minimum Gasteiger partial charge on any atom is -0.351 e. The predicted molar refractivity (Wildman–Crippen MR) is 155 cm³/mol. The Bertz CT molecular complexity index is 1490. The Hall–Kier alpha value is -4.05. The first-order valence-corrected chi connectivity index (χ1v) is 14.8. The van der Waals surface area contributed by atoms with Gasteiger partial charge in [-0.3, -0.25) is 19.3 Å². The summed E-state index contributed by atoms with van der Waals surface area (Å²) in [5.74, 6) is -0.392. The number of hydrogen-bond donors (Lipinski definition) is 2. The van der Waals surface area contributed by atoms with Gasteiger partial charge in [0.2, 0.25) is 17.7 Å². The van der Waals surface area contributed by atoms with Crippen molar-refractivity contribution in [1.29, 1.82) is 0 Å². The van der Waals surface area contributed by atoms with Crippen LogP contribution in [0.25, 0.3) is 11.0 Å². The summed E-state index contributed by atoms with van der Waals surface area (Å²) in [5.41, 5.74) is 3.42. The molecule has 0 bridgehead atoms. The number of carbonyl (C=O) groups is 3. The van der Waals surface area contributed by atoms with Crippen molar-refractivity contribution in [3.8, 4) is 0 Å². The molecule has 0 spiro atoms. The van der Waals surface area contributed by atoms with Crippen LogP contribution in [0.3, 0.4) is 0 Å². The molecule has 4 aromatic rings. The zero-order valence-corrected chi connectivity index (χ0v) is 23.0. The molecule has 2 heterocycles. The Morgan fingerprint density at radius 2 is 1.75 bits per heavy atom. The Morgan fingerprint density at radius 3 is 2.48 bits per heavy atom. The molecular weight excluding hydrogens is 524 g/mol. The minimum atomic E-state index is -0.859. The smallest absolute Gasteiger partial charge is 0.249 e. The van der Waals surface area contributed by atoms with Crippen LogP contribution in [-0.2, 0) is 20.9 Å². The van der Waals surface area contributed by atoms with Crippen molar-refractivity contribution in [3.05, 3.63) is 70.9 Å². The molecule has 0 radical (unpaired) electrons. The zero-order chi connectivity index (χ0) is 27.5. The molecule has 10 heteroatoms. The molecular formula is C30H32N6O3S. The van der Waals surface area contributed by atoms with Crippen molar-refractivity contribution in [1.82, 2.24) is 20.3 Å². The van der Waals surface area contributed by atoms with E-state index in [0.717, 1.165) is 49.6 Å². The van der Waals surface area contributed by atoms with Gasteiger partial charge in [0.15, 0.2) is 0 Å². The lowest BCUT2D eigenvalue weighted by atomic mass is 9.95. The molecule has 1 atom stereocenters. The van der Waals surface area contributed by atoms with Crippen molar-refractivity contribution < 1.29 is 14.4 Å². The van der Waals surface area contributed by atoms with Crippen LogP contribution in [0.15, 0.2) is 65.4 Å². The van der Waals surface area contributed by atoms with E-state index in [-0.39, 0.29) is 36.2 Å². The minimum absolute atomic E-state index is 0.0155. The first-order valence-electron chi connectivity index (χ1n) is 13.9. The third kappa shape index (κ3) is 5.77. The predicted octanol–water partition coefficient (Wildman–Crippen LogP) is 5.06. The van der Waals surface area contributed by atoms with Crippen LogP contribution in [0.2, 0.25) is 0 Å². The quantitative estimate of drug-likeness (QED) is 0.299. The van der Waals surface area contributed by atoms with Crippen LogP contribution < -0.4 is 15.5 Å². The molecule has 2 aromatic heterocycles. The number of aromatic nitrogens is 3. The maximum absolute atomic E-state index is 14.1. The number of rotatable bonds is 9. The molecule has 2 N–H and O–H groups in total. The van der Waals surface area contributed by atoms with E-state index in [1.54, 1.807) is 33.8 Å². The number of benzene rings is 2. The molecule has 0 aliphatic heterocycles. The van der Waals surface area contributed by atoms with Gasteiger partial charge in [0, 0.05) is 23.3 Å². The van der Waals surface area contributed by atoms with Crippen LogP contribution in [-0.4, -0.2) is 38.8 Å². The van der Waals surface area contributed by atoms with Crippen LogP contribution >= 0.6 is 11.3 Å². The molecule has 3 amide bonds. The van der Waals surface area contributed by atoms with E-state index < -0.39 is 6.04 Å². The van der Waals surface area contributed by atoms with E-state index in [1.807, 2.05) is 41.1 Å². The number of carbonyl (C=O) groups excluding carboxylic acids is 3. The Kier molecular flexibility index (Phi) is 7.59. The van der Waals surface area contributed by atoms with Crippen molar-refractivity contribution in [2.75, 3.05) is 10.2 Å². The average molecular weight is 557 g/mol. The highest BCUT2D eigenvalue weighted by atomic mass is 32.1. The van der Waals surface area contributed by atoms with Crippen molar-refractivity contribution in [2.45, 2.75) is 63.6 Å². The second-order valence-corrected chi connectivity index (χ2v) is 11.4. The number of thiophene rings is 1. The molecule has 2 fully saturated rings. The fourth-order valence-electron chi connectivity index (χ4n) is 5.35. The van der Waals surface area contributed by atoms with Crippen LogP contribution in [0.4, 0.5) is 11.4 Å². The molecule has 2 aromatic carbocycles. The largest absolute Gasteiger partial charge is 0.351 e. The van der Waals surface area contributed by atoms with Gasteiger partial charge >= 0.3 is 0 Å². The molecule has 2 aliphatic rings. The van der Waals surface area contributed by atoms with Crippen molar-refractivity contribution in [2.24, 2.45) is 5.92 Å². The summed E-state index contributed by atoms with van der Waals surface area (Å²) in [6, 6.07) is 15.7. The third-order valence-electron chi connectivity index (χ3n) is 7.65. The zero-order valence-electron chi connectivity index (χ0n) is 22.2. The van der Waals surface area contributed by atoms with E-state index in [0.29, 0.717) is 16.9 Å². The molecule has 1 unspecified atom stereocenters. The topological polar surface area (TPSA) is 109 Å². The molecule has 2 aliphatic carbocycles. The highest BCUT2D eigenvalue weighted by Gasteiger charge is 2.35. The number of para-hydroxylation sites is 1. The maximum Gasteiger partial charge on any atom is 0.249 e. The van der Waals surface area contributed by atoms with Crippen LogP contribution in [0, 0.1) is 5.92 Å². The second-order valence-electron chi connectivity index (χ2n) is 10.6. The van der Waals surface area contributed by atoms with Gasteiger partial charge in [-0.2, -0.15) is 11.3 Å². The van der Waals surface area contributed by atoms with E-state index in [1.165, 1.54) is 17.8 Å². The summed E-state index contributed by atoms with van der Waals surface area (Å²) in [7, 11) is 0. The molecule has 0 saturated heterocycles. The lowest BCUT2D eigenvalue weighted by molar-refractivity contribution is -0.127. The van der Waals surface area contributed by atoms with E-state index in [4.69, 9.17) is 0 Å². The summed E-state index contributed by atoms with van der Waals surface area (Å²) in [6.45, 7) is -0.0853. The molecule has 206 valence electrons. The van der Waals surface area contributed by atoms with Gasteiger partial charge in [-0.15, -0.1) is 5.10 Å². The Morgan fingerprint density at radius 1 is 0.975 bits per heavy atom. The highest BCUT2D eigenvalue weighted by molar-refractivity contribution is 7.08. The Labute approximate surface area is 236 Å². The highest BCUT2D eigenvalue weighted by Crippen LogP contribution is 2.33. The second kappa shape index (κ2) is 11.6. The SMILES string of the molecule is O=C(Nc1ccc(N(C(=O)Cn2nnc3ccccc32)C(C(=O)NC2CCCCC2)c2ccsc2)cc1)C1CC1.